The van der Waals surface area contributed by atoms with E-state index >= 15 is 0 Å². The van der Waals surface area contributed by atoms with Gasteiger partial charge in [-0.3, -0.25) is 4.79 Å². The molecule has 0 heterocycles. The Kier molecular flexibility index (Phi) is 4.23. The van der Waals surface area contributed by atoms with Crippen LogP contribution in [-0.4, -0.2) is 23.2 Å². The lowest BCUT2D eigenvalue weighted by atomic mass is 10.0. The molecule has 0 aromatic heterocycles. The number of benzene rings is 1. The maximum atomic E-state index is 13.2. The minimum atomic E-state index is -1.93. The number of carbonyl (C=O) groups excluding carboxylic acids is 1. The molecule has 0 aliphatic carbocycles. The van der Waals surface area contributed by atoms with Crippen LogP contribution in [-0.2, 0) is 4.79 Å². The van der Waals surface area contributed by atoms with Gasteiger partial charge in [-0.05, 0) is 31.9 Å². The van der Waals surface area contributed by atoms with Gasteiger partial charge >= 0.3 is 0 Å². The number of hydrogen-bond acceptors (Lipinski definition) is 2. The van der Waals surface area contributed by atoms with E-state index in [1.165, 1.54) is 13.8 Å². The number of alkyl halides is 1. The molecule has 2 N–H and O–H groups in total. The van der Waals surface area contributed by atoms with Crippen LogP contribution in [0.15, 0.2) is 24.3 Å². The summed E-state index contributed by atoms with van der Waals surface area (Å²) in [5, 5.41) is 12.3. The van der Waals surface area contributed by atoms with Gasteiger partial charge in [0.25, 0.3) is 5.91 Å². The summed E-state index contributed by atoms with van der Waals surface area (Å²) in [4.78, 5) is 11.3. The third kappa shape index (κ3) is 3.82. The van der Waals surface area contributed by atoms with Crippen LogP contribution in [0.4, 0.5) is 4.39 Å². The lowest BCUT2D eigenvalue weighted by Crippen LogP contribution is -2.40. The molecule has 0 radical (unpaired) electrons. The van der Waals surface area contributed by atoms with Crippen LogP contribution >= 0.6 is 0 Å². The fourth-order valence-electron chi connectivity index (χ4n) is 1.47. The summed E-state index contributed by atoms with van der Waals surface area (Å²) in [5.74, 6) is -0.717. The summed E-state index contributed by atoms with van der Waals surface area (Å²) >= 11 is 0. The number of halogens is 1. The SMILES string of the molecule is Cc1ccccc1C(O)CNC(=O)C(C)(C)F. The monoisotopic (exact) mass is 239 g/mol. The Labute approximate surface area is 101 Å². The van der Waals surface area contributed by atoms with E-state index in [9.17, 15) is 14.3 Å². The maximum Gasteiger partial charge on any atom is 0.257 e. The van der Waals surface area contributed by atoms with Crippen molar-refractivity contribution in [3.63, 3.8) is 0 Å². The molecular formula is C13H18FNO2. The highest BCUT2D eigenvalue weighted by molar-refractivity contribution is 5.84. The first-order chi connectivity index (χ1) is 7.82. The van der Waals surface area contributed by atoms with Gasteiger partial charge in [0, 0.05) is 6.54 Å². The number of nitrogens with one attached hydrogen (secondary N) is 1. The van der Waals surface area contributed by atoms with Gasteiger partial charge in [0.1, 0.15) is 0 Å². The second-order valence-electron chi connectivity index (χ2n) is 4.55. The second-order valence-corrected chi connectivity index (χ2v) is 4.55. The standard InChI is InChI=1S/C13H18FNO2/c1-9-6-4-5-7-10(9)11(16)8-15-12(17)13(2,3)14/h4-7,11,16H,8H2,1-3H3,(H,15,17). The van der Waals surface area contributed by atoms with Crippen molar-refractivity contribution in [3.8, 4) is 0 Å². The third-order valence-corrected chi connectivity index (χ3v) is 2.54. The molecule has 3 nitrogen and oxygen atoms in total. The molecule has 0 saturated carbocycles. The van der Waals surface area contributed by atoms with E-state index in [4.69, 9.17) is 0 Å². The predicted octanol–water partition coefficient (Wildman–Crippen LogP) is 1.89. The summed E-state index contributed by atoms with van der Waals surface area (Å²) in [6.45, 7) is 4.25. The largest absolute Gasteiger partial charge is 0.387 e. The molecule has 94 valence electrons. The van der Waals surface area contributed by atoms with E-state index in [0.29, 0.717) is 0 Å². The number of amides is 1. The molecule has 1 amide bonds. The lowest BCUT2D eigenvalue weighted by molar-refractivity contribution is -0.131. The van der Waals surface area contributed by atoms with E-state index in [1.807, 2.05) is 25.1 Å². The van der Waals surface area contributed by atoms with Gasteiger partial charge in [-0.2, -0.15) is 0 Å². The highest BCUT2D eigenvalue weighted by Crippen LogP contribution is 2.16. The second kappa shape index (κ2) is 5.27. The zero-order valence-electron chi connectivity index (χ0n) is 10.3. The molecule has 0 spiro atoms. The maximum absolute atomic E-state index is 13.2. The molecule has 0 fully saturated rings. The first kappa shape index (κ1) is 13.6. The molecule has 1 unspecified atom stereocenters. The van der Waals surface area contributed by atoms with Crippen LogP contribution in [0.5, 0.6) is 0 Å². The normalized spacial score (nSPS) is 13.2. The first-order valence-corrected chi connectivity index (χ1v) is 5.53. The quantitative estimate of drug-likeness (QED) is 0.843. The van der Waals surface area contributed by atoms with E-state index < -0.39 is 17.7 Å². The molecule has 0 bridgehead atoms. The van der Waals surface area contributed by atoms with Crippen molar-refractivity contribution in [2.75, 3.05) is 6.54 Å². The van der Waals surface area contributed by atoms with Crippen LogP contribution in [0.1, 0.15) is 31.1 Å². The van der Waals surface area contributed by atoms with Crippen LogP contribution in [0.25, 0.3) is 0 Å². The summed E-state index contributed by atoms with van der Waals surface area (Å²) in [7, 11) is 0. The first-order valence-electron chi connectivity index (χ1n) is 5.53. The number of aliphatic hydroxyl groups excluding tert-OH is 1. The number of hydrogen-bond donors (Lipinski definition) is 2. The van der Waals surface area contributed by atoms with Gasteiger partial charge in [0.2, 0.25) is 0 Å². The van der Waals surface area contributed by atoms with Gasteiger partial charge < -0.3 is 10.4 Å². The van der Waals surface area contributed by atoms with Crippen LogP contribution in [0.2, 0.25) is 0 Å². The van der Waals surface area contributed by atoms with E-state index in [2.05, 4.69) is 5.32 Å². The Balaban J connectivity index is 2.60. The molecule has 17 heavy (non-hydrogen) atoms. The van der Waals surface area contributed by atoms with Crippen molar-refractivity contribution >= 4 is 5.91 Å². The minimum Gasteiger partial charge on any atom is -0.387 e. The topological polar surface area (TPSA) is 49.3 Å². The Bertz CT molecular complexity index is 399. The molecule has 1 atom stereocenters. The fraction of sp³-hybridized carbons (Fsp3) is 0.462. The van der Waals surface area contributed by atoms with Gasteiger partial charge in [0.05, 0.1) is 6.10 Å². The molecular weight excluding hydrogens is 221 g/mol. The zero-order valence-corrected chi connectivity index (χ0v) is 10.3. The van der Waals surface area contributed by atoms with Crippen molar-refractivity contribution in [2.24, 2.45) is 0 Å². The van der Waals surface area contributed by atoms with Crippen molar-refractivity contribution in [1.29, 1.82) is 0 Å². The average molecular weight is 239 g/mol. The van der Waals surface area contributed by atoms with Crippen LogP contribution in [0, 0.1) is 6.92 Å². The molecule has 0 aliphatic heterocycles. The number of rotatable bonds is 4. The van der Waals surface area contributed by atoms with Gasteiger partial charge in [0.15, 0.2) is 5.67 Å². The minimum absolute atomic E-state index is 0.0109. The van der Waals surface area contributed by atoms with E-state index in [1.54, 1.807) is 6.07 Å². The van der Waals surface area contributed by atoms with Crippen LogP contribution in [0.3, 0.4) is 0 Å². The highest BCUT2D eigenvalue weighted by atomic mass is 19.1. The zero-order chi connectivity index (χ0) is 13.1. The smallest absolute Gasteiger partial charge is 0.257 e. The lowest BCUT2D eigenvalue weighted by Gasteiger charge is -2.18. The molecule has 4 heteroatoms. The van der Waals surface area contributed by atoms with Crippen molar-refractivity contribution in [3.05, 3.63) is 35.4 Å². The molecule has 1 aromatic carbocycles. The molecule has 0 saturated heterocycles. The molecule has 1 rings (SSSR count). The Morgan fingerprint density at radius 1 is 1.47 bits per heavy atom. The summed E-state index contributed by atoms with van der Waals surface area (Å²) < 4.78 is 13.2. The van der Waals surface area contributed by atoms with Crippen LogP contribution < -0.4 is 5.32 Å². The van der Waals surface area contributed by atoms with Gasteiger partial charge in [-0.25, -0.2) is 4.39 Å². The van der Waals surface area contributed by atoms with Gasteiger partial charge in [-0.15, -0.1) is 0 Å². The van der Waals surface area contributed by atoms with Gasteiger partial charge in [-0.1, -0.05) is 24.3 Å². The number of aliphatic hydroxyl groups is 1. The van der Waals surface area contributed by atoms with E-state index in [0.717, 1.165) is 11.1 Å². The fourth-order valence-corrected chi connectivity index (χ4v) is 1.47. The Morgan fingerprint density at radius 2 is 2.06 bits per heavy atom. The number of aryl methyl sites for hydroxylation is 1. The summed E-state index contributed by atoms with van der Waals surface area (Å²) in [5.41, 5.74) is -0.246. The molecule has 0 aliphatic rings. The summed E-state index contributed by atoms with van der Waals surface area (Å²) in [6.07, 6.45) is -0.817. The highest BCUT2D eigenvalue weighted by Gasteiger charge is 2.26. The number of carbonyl (C=O) groups is 1. The molecule has 1 aromatic rings. The van der Waals surface area contributed by atoms with E-state index in [-0.39, 0.29) is 6.54 Å². The van der Waals surface area contributed by atoms with Crippen molar-refractivity contribution in [2.45, 2.75) is 32.5 Å². The van der Waals surface area contributed by atoms with Crippen molar-refractivity contribution in [1.82, 2.24) is 5.32 Å². The predicted molar refractivity (Wildman–Crippen MR) is 64.3 cm³/mol. The Morgan fingerprint density at radius 3 is 2.59 bits per heavy atom. The Hall–Kier alpha value is -1.42. The third-order valence-electron chi connectivity index (χ3n) is 2.54. The summed E-state index contributed by atoms with van der Waals surface area (Å²) in [6, 6.07) is 7.34. The van der Waals surface area contributed by atoms with Crippen molar-refractivity contribution < 1.29 is 14.3 Å². The average Bonchev–Trinajstić information content (AvgIpc) is 2.24.